The summed E-state index contributed by atoms with van der Waals surface area (Å²) in [6, 6.07) is 8.20. The van der Waals surface area contributed by atoms with Gasteiger partial charge in [-0.3, -0.25) is 4.79 Å². The van der Waals surface area contributed by atoms with Crippen molar-refractivity contribution >= 4 is 5.91 Å². The van der Waals surface area contributed by atoms with Gasteiger partial charge in [-0.1, -0.05) is 12.1 Å². The van der Waals surface area contributed by atoms with Crippen molar-refractivity contribution in [3.05, 3.63) is 54.1 Å². The van der Waals surface area contributed by atoms with Crippen LogP contribution in [0.25, 0.3) is 0 Å². The SMILES string of the molecule is O=C(c1ccc(Cn2ccnc2)cc1)N1CCOCC1C1CC1. The topological polar surface area (TPSA) is 47.4 Å². The van der Waals surface area contributed by atoms with Gasteiger partial charge < -0.3 is 14.2 Å². The summed E-state index contributed by atoms with van der Waals surface area (Å²) in [6.07, 6.45) is 7.96. The molecule has 2 fully saturated rings. The molecule has 23 heavy (non-hydrogen) atoms. The Balaban J connectivity index is 1.47. The first kappa shape index (κ1) is 14.5. The number of ether oxygens (including phenoxy) is 1. The maximum atomic E-state index is 12.8. The van der Waals surface area contributed by atoms with Gasteiger partial charge in [0.05, 0.1) is 25.6 Å². The summed E-state index contributed by atoms with van der Waals surface area (Å²) in [4.78, 5) is 18.9. The summed E-state index contributed by atoms with van der Waals surface area (Å²) in [6.45, 7) is 2.82. The average Bonchev–Trinajstić information content (AvgIpc) is 3.32. The van der Waals surface area contributed by atoms with Crippen LogP contribution in [0.2, 0.25) is 0 Å². The number of benzene rings is 1. The number of amides is 1. The molecule has 0 N–H and O–H groups in total. The molecule has 1 aromatic carbocycles. The minimum absolute atomic E-state index is 0.138. The number of nitrogens with zero attached hydrogens (tertiary/aromatic N) is 3. The van der Waals surface area contributed by atoms with Crippen molar-refractivity contribution in [1.82, 2.24) is 14.5 Å². The molecular formula is C18H21N3O2. The van der Waals surface area contributed by atoms with Crippen LogP contribution in [-0.4, -0.2) is 46.2 Å². The Kier molecular flexibility index (Phi) is 3.87. The van der Waals surface area contributed by atoms with Crippen LogP contribution in [-0.2, 0) is 11.3 Å². The second-order valence-corrected chi connectivity index (χ2v) is 6.41. The van der Waals surface area contributed by atoms with E-state index in [1.54, 1.807) is 12.5 Å². The maximum absolute atomic E-state index is 12.8. The number of imidazole rings is 1. The van der Waals surface area contributed by atoms with E-state index in [1.807, 2.05) is 39.9 Å². The van der Waals surface area contributed by atoms with E-state index in [0.717, 1.165) is 12.1 Å². The quantitative estimate of drug-likeness (QED) is 0.869. The van der Waals surface area contributed by atoms with Crippen molar-refractivity contribution in [2.45, 2.75) is 25.4 Å². The molecule has 1 aromatic heterocycles. The lowest BCUT2D eigenvalue weighted by atomic mass is 10.1. The zero-order chi connectivity index (χ0) is 15.6. The summed E-state index contributed by atoms with van der Waals surface area (Å²) >= 11 is 0. The van der Waals surface area contributed by atoms with Crippen LogP contribution in [0.4, 0.5) is 0 Å². The highest BCUT2D eigenvalue weighted by atomic mass is 16.5. The van der Waals surface area contributed by atoms with Crippen molar-refractivity contribution in [3.8, 4) is 0 Å². The first-order valence-corrected chi connectivity index (χ1v) is 8.24. The summed E-state index contributed by atoms with van der Waals surface area (Å²) < 4.78 is 7.59. The summed E-state index contributed by atoms with van der Waals surface area (Å²) in [5.41, 5.74) is 1.94. The van der Waals surface area contributed by atoms with Crippen LogP contribution in [0.1, 0.15) is 28.8 Å². The average molecular weight is 311 g/mol. The third kappa shape index (κ3) is 3.15. The predicted octanol–water partition coefficient (Wildman–Crippen LogP) is 2.18. The van der Waals surface area contributed by atoms with E-state index in [2.05, 4.69) is 4.98 Å². The molecule has 5 nitrogen and oxygen atoms in total. The summed E-state index contributed by atoms with van der Waals surface area (Å²) in [5, 5.41) is 0. The maximum Gasteiger partial charge on any atom is 0.254 e. The number of rotatable bonds is 4. The molecule has 2 aliphatic rings. The molecule has 1 unspecified atom stereocenters. The number of morpholine rings is 1. The van der Waals surface area contributed by atoms with Crippen molar-refractivity contribution in [2.75, 3.05) is 19.8 Å². The van der Waals surface area contributed by atoms with E-state index in [1.165, 1.54) is 18.4 Å². The van der Waals surface area contributed by atoms with Crippen molar-refractivity contribution in [1.29, 1.82) is 0 Å². The van der Waals surface area contributed by atoms with Gasteiger partial charge in [-0.15, -0.1) is 0 Å². The molecule has 1 aliphatic heterocycles. The van der Waals surface area contributed by atoms with Crippen molar-refractivity contribution < 1.29 is 9.53 Å². The van der Waals surface area contributed by atoms with Crippen molar-refractivity contribution in [3.63, 3.8) is 0 Å². The first-order valence-electron chi connectivity index (χ1n) is 8.24. The van der Waals surface area contributed by atoms with E-state index >= 15 is 0 Å². The van der Waals surface area contributed by atoms with Gasteiger partial charge >= 0.3 is 0 Å². The van der Waals surface area contributed by atoms with Crippen LogP contribution >= 0.6 is 0 Å². The van der Waals surface area contributed by atoms with Gasteiger partial charge in [0.15, 0.2) is 0 Å². The Bertz CT molecular complexity index is 662. The minimum atomic E-state index is 0.138. The number of hydrogen-bond donors (Lipinski definition) is 0. The molecule has 2 heterocycles. The molecule has 0 bridgehead atoms. The molecule has 0 radical (unpaired) electrons. The Morgan fingerprint density at radius 2 is 2.09 bits per heavy atom. The molecule has 1 saturated carbocycles. The lowest BCUT2D eigenvalue weighted by molar-refractivity contribution is -0.00834. The van der Waals surface area contributed by atoms with Gasteiger partial charge in [-0.25, -0.2) is 4.98 Å². The monoisotopic (exact) mass is 311 g/mol. The molecular weight excluding hydrogens is 290 g/mol. The highest BCUT2D eigenvalue weighted by molar-refractivity contribution is 5.94. The number of carbonyl (C=O) groups excluding carboxylic acids is 1. The van der Waals surface area contributed by atoms with Crippen LogP contribution in [0.5, 0.6) is 0 Å². The number of aromatic nitrogens is 2. The van der Waals surface area contributed by atoms with Crippen molar-refractivity contribution in [2.24, 2.45) is 5.92 Å². The first-order chi connectivity index (χ1) is 11.3. The number of hydrogen-bond acceptors (Lipinski definition) is 3. The lowest BCUT2D eigenvalue weighted by Gasteiger charge is -2.36. The lowest BCUT2D eigenvalue weighted by Crippen LogP contribution is -2.49. The second kappa shape index (κ2) is 6.16. The normalized spacial score (nSPS) is 21.4. The Hall–Kier alpha value is -2.14. The Labute approximate surface area is 135 Å². The third-order valence-corrected chi connectivity index (χ3v) is 4.72. The van der Waals surface area contributed by atoms with E-state index in [9.17, 15) is 4.79 Å². The van der Waals surface area contributed by atoms with E-state index in [-0.39, 0.29) is 11.9 Å². The highest BCUT2D eigenvalue weighted by Gasteiger charge is 2.39. The Morgan fingerprint density at radius 1 is 1.26 bits per heavy atom. The second-order valence-electron chi connectivity index (χ2n) is 6.41. The van der Waals surface area contributed by atoms with Gasteiger partial charge in [-0.05, 0) is 36.5 Å². The molecule has 1 saturated heterocycles. The van der Waals surface area contributed by atoms with Crippen LogP contribution in [0, 0.1) is 5.92 Å². The van der Waals surface area contributed by atoms with Crippen LogP contribution < -0.4 is 0 Å². The third-order valence-electron chi connectivity index (χ3n) is 4.72. The van der Waals surface area contributed by atoms with Crippen LogP contribution in [0.3, 0.4) is 0 Å². The number of carbonyl (C=O) groups is 1. The Morgan fingerprint density at radius 3 is 2.78 bits per heavy atom. The zero-order valence-electron chi connectivity index (χ0n) is 13.1. The molecule has 4 rings (SSSR count). The molecule has 2 aromatic rings. The molecule has 5 heteroatoms. The predicted molar refractivity (Wildman–Crippen MR) is 86.1 cm³/mol. The fourth-order valence-electron chi connectivity index (χ4n) is 3.26. The smallest absolute Gasteiger partial charge is 0.254 e. The van der Waals surface area contributed by atoms with E-state index in [4.69, 9.17) is 4.74 Å². The molecule has 0 spiro atoms. The molecule has 1 aliphatic carbocycles. The molecule has 120 valence electrons. The fourth-order valence-corrected chi connectivity index (χ4v) is 3.26. The standard InChI is InChI=1S/C18H21N3O2/c22-18(21-9-10-23-12-17(21)15-5-6-15)16-3-1-14(2-4-16)11-20-8-7-19-13-20/h1-4,7-8,13,15,17H,5-6,9-12H2. The largest absolute Gasteiger partial charge is 0.377 e. The van der Waals surface area contributed by atoms with Gasteiger partial charge in [0.2, 0.25) is 0 Å². The van der Waals surface area contributed by atoms with E-state index in [0.29, 0.717) is 25.7 Å². The van der Waals surface area contributed by atoms with E-state index < -0.39 is 0 Å². The zero-order valence-corrected chi connectivity index (χ0v) is 13.1. The van der Waals surface area contributed by atoms with Gasteiger partial charge in [0.1, 0.15) is 0 Å². The highest BCUT2D eigenvalue weighted by Crippen LogP contribution is 2.37. The fraction of sp³-hybridized carbons (Fsp3) is 0.444. The molecule has 1 atom stereocenters. The van der Waals surface area contributed by atoms with Gasteiger partial charge in [0.25, 0.3) is 5.91 Å². The van der Waals surface area contributed by atoms with Gasteiger partial charge in [0, 0.05) is 31.0 Å². The van der Waals surface area contributed by atoms with Gasteiger partial charge in [-0.2, -0.15) is 0 Å². The molecule has 1 amide bonds. The summed E-state index contributed by atoms with van der Waals surface area (Å²) in [5.74, 6) is 0.777. The summed E-state index contributed by atoms with van der Waals surface area (Å²) in [7, 11) is 0. The minimum Gasteiger partial charge on any atom is -0.377 e. The van der Waals surface area contributed by atoms with Crippen LogP contribution in [0.15, 0.2) is 43.0 Å².